The van der Waals surface area contributed by atoms with Gasteiger partial charge in [-0.1, -0.05) is 6.92 Å². The number of aliphatic hydroxyl groups excluding tert-OH is 1. The van der Waals surface area contributed by atoms with E-state index >= 15 is 0 Å². The Kier molecular flexibility index (Phi) is 4.70. The molecule has 1 rings (SSSR count). The third-order valence-corrected chi connectivity index (χ3v) is 2.95. The molecule has 16 heavy (non-hydrogen) atoms. The van der Waals surface area contributed by atoms with Crippen molar-refractivity contribution in [1.29, 1.82) is 0 Å². The molecule has 1 N–H and O–H groups in total. The number of methoxy groups -OCH3 is 2. The summed E-state index contributed by atoms with van der Waals surface area (Å²) < 4.78 is 21.7. The van der Waals surface area contributed by atoms with Crippen LogP contribution in [0.5, 0.6) is 0 Å². The lowest BCUT2D eigenvalue weighted by molar-refractivity contribution is -0.238. The summed E-state index contributed by atoms with van der Waals surface area (Å²) in [5, 5.41) is 9.24. The first kappa shape index (κ1) is 13.9. The number of ether oxygens (including phenoxy) is 4. The minimum Gasteiger partial charge on any atom is -0.394 e. The highest BCUT2D eigenvalue weighted by atomic mass is 16.7. The van der Waals surface area contributed by atoms with Gasteiger partial charge in [0.1, 0.15) is 6.10 Å². The summed E-state index contributed by atoms with van der Waals surface area (Å²) in [6.45, 7) is 5.54. The van der Waals surface area contributed by atoms with Crippen LogP contribution in [0.1, 0.15) is 20.8 Å². The lowest BCUT2D eigenvalue weighted by atomic mass is 10.0. The van der Waals surface area contributed by atoms with E-state index in [-0.39, 0.29) is 31.0 Å². The molecule has 5 heteroatoms. The maximum Gasteiger partial charge on any atom is 0.162 e. The minimum atomic E-state index is -0.696. The van der Waals surface area contributed by atoms with E-state index in [4.69, 9.17) is 18.9 Å². The molecule has 0 aromatic rings. The zero-order valence-corrected chi connectivity index (χ0v) is 10.6. The topological polar surface area (TPSA) is 57.2 Å². The van der Waals surface area contributed by atoms with Crippen molar-refractivity contribution in [3.8, 4) is 0 Å². The molecule has 0 aliphatic carbocycles. The van der Waals surface area contributed by atoms with Crippen molar-refractivity contribution in [2.45, 2.75) is 45.1 Å². The maximum absolute atomic E-state index is 9.24. The highest BCUT2D eigenvalue weighted by Gasteiger charge is 2.45. The molecule has 1 aliphatic rings. The van der Waals surface area contributed by atoms with Gasteiger partial charge in [0, 0.05) is 20.1 Å². The second-order valence-electron chi connectivity index (χ2n) is 4.51. The first-order valence-corrected chi connectivity index (χ1v) is 5.47. The second-order valence-corrected chi connectivity index (χ2v) is 4.51. The van der Waals surface area contributed by atoms with Crippen LogP contribution in [0.25, 0.3) is 0 Å². The summed E-state index contributed by atoms with van der Waals surface area (Å²) in [5.74, 6) is -0.644. The maximum atomic E-state index is 9.24. The fourth-order valence-corrected chi connectivity index (χ4v) is 1.84. The van der Waals surface area contributed by atoms with Gasteiger partial charge in [-0.05, 0) is 13.8 Å². The van der Waals surface area contributed by atoms with Gasteiger partial charge >= 0.3 is 0 Å². The lowest BCUT2D eigenvalue weighted by Crippen LogP contribution is -2.40. The van der Waals surface area contributed by atoms with Gasteiger partial charge in [0.15, 0.2) is 12.1 Å². The first-order chi connectivity index (χ1) is 7.45. The highest BCUT2D eigenvalue weighted by molar-refractivity contribution is 4.86. The van der Waals surface area contributed by atoms with E-state index in [0.717, 1.165) is 0 Å². The van der Waals surface area contributed by atoms with Crippen molar-refractivity contribution in [1.82, 2.24) is 0 Å². The zero-order chi connectivity index (χ0) is 12.3. The summed E-state index contributed by atoms with van der Waals surface area (Å²) in [6.07, 6.45) is -0.936. The van der Waals surface area contributed by atoms with Crippen LogP contribution in [-0.2, 0) is 18.9 Å². The highest BCUT2D eigenvalue weighted by Crippen LogP contribution is 2.32. The molecule has 1 saturated heterocycles. The van der Waals surface area contributed by atoms with Crippen LogP contribution in [0, 0.1) is 5.92 Å². The van der Waals surface area contributed by atoms with E-state index in [2.05, 4.69) is 0 Å². The Morgan fingerprint density at radius 1 is 1.31 bits per heavy atom. The molecule has 0 amide bonds. The van der Waals surface area contributed by atoms with Crippen LogP contribution in [0.15, 0.2) is 0 Å². The largest absolute Gasteiger partial charge is 0.394 e. The van der Waals surface area contributed by atoms with Crippen LogP contribution >= 0.6 is 0 Å². The lowest BCUT2D eigenvalue weighted by Gasteiger charge is -2.31. The van der Waals surface area contributed by atoms with E-state index in [1.54, 1.807) is 14.2 Å². The standard InChI is InChI=1S/C11H22O5/c1-7-9(16-11(2,3)14-5)8(6-12)15-10(7)13-4/h7-10,12H,6H2,1-5H3/t7-,8+,9-,10?/m0/s1. The molecule has 1 unspecified atom stereocenters. The molecular formula is C11H22O5. The van der Waals surface area contributed by atoms with E-state index in [0.29, 0.717) is 0 Å². The fourth-order valence-electron chi connectivity index (χ4n) is 1.84. The molecule has 1 aliphatic heterocycles. The monoisotopic (exact) mass is 234 g/mol. The number of aliphatic hydroxyl groups is 1. The Bertz CT molecular complexity index is 216. The van der Waals surface area contributed by atoms with Gasteiger partial charge in [-0.2, -0.15) is 0 Å². The Balaban J connectivity index is 2.69. The van der Waals surface area contributed by atoms with Crippen molar-refractivity contribution >= 4 is 0 Å². The number of rotatable bonds is 5. The molecule has 4 atom stereocenters. The van der Waals surface area contributed by atoms with Gasteiger partial charge in [0.2, 0.25) is 0 Å². The van der Waals surface area contributed by atoms with Crippen LogP contribution in [0.4, 0.5) is 0 Å². The van der Waals surface area contributed by atoms with Gasteiger partial charge in [-0.25, -0.2) is 0 Å². The molecular weight excluding hydrogens is 212 g/mol. The van der Waals surface area contributed by atoms with Crippen molar-refractivity contribution in [3.05, 3.63) is 0 Å². The summed E-state index contributed by atoms with van der Waals surface area (Å²) in [4.78, 5) is 0. The van der Waals surface area contributed by atoms with Crippen LogP contribution < -0.4 is 0 Å². The normalized spacial score (nSPS) is 35.6. The third-order valence-electron chi connectivity index (χ3n) is 2.95. The molecule has 96 valence electrons. The number of hydrogen-bond acceptors (Lipinski definition) is 5. The molecule has 0 aromatic heterocycles. The smallest absolute Gasteiger partial charge is 0.162 e. The molecule has 0 saturated carbocycles. The van der Waals surface area contributed by atoms with Gasteiger partial charge in [-0.3, -0.25) is 0 Å². The van der Waals surface area contributed by atoms with Crippen molar-refractivity contribution in [3.63, 3.8) is 0 Å². The van der Waals surface area contributed by atoms with Crippen LogP contribution in [0.2, 0.25) is 0 Å². The van der Waals surface area contributed by atoms with Gasteiger partial charge in [-0.15, -0.1) is 0 Å². The average molecular weight is 234 g/mol. The summed E-state index contributed by atoms with van der Waals surface area (Å²) in [7, 11) is 3.17. The van der Waals surface area contributed by atoms with E-state index < -0.39 is 5.79 Å². The first-order valence-electron chi connectivity index (χ1n) is 5.47. The van der Waals surface area contributed by atoms with Crippen LogP contribution in [0.3, 0.4) is 0 Å². The predicted molar refractivity (Wildman–Crippen MR) is 57.9 cm³/mol. The van der Waals surface area contributed by atoms with Gasteiger partial charge < -0.3 is 24.1 Å². The molecule has 0 spiro atoms. The quantitative estimate of drug-likeness (QED) is 0.711. The van der Waals surface area contributed by atoms with Crippen LogP contribution in [-0.4, -0.2) is 50.2 Å². The summed E-state index contributed by atoms with van der Waals surface area (Å²) in [6, 6.07) is 0. The Labute approximate surface area is 96.6 Å². The molecule has 1 fully saturated rings. The SMILES string of the molecule is COC1O[C@H](CO)[C@@H](OC(C)(C)OC)[C@@H]1C. The number of hydrogen-bond donors (Lipinski definition) is 1. The summed E-state index contributed by atoms with van der Waals surface area (Å²) in [5.41, 5.74) is 0. The van der Waals surface area contributed by atoms with E-state index in [1.165, 1.54) is 0 Å². The zero-order valence-electron chi connectivity index (χ0n) is 10.6. The molecule has 5 nitrogen and oxygen atoms in total. The molecule has 0 aromatic carbocycles. The molecule has 0 radical (unpaired) electrons. The van der Waals surface area contributed by atoms with Crippen molar-refractivity contribution < 1.29 is 24.1 Å². The summed E-state index contributed by atoms with van der Waals surface area (Å²) >= 11 is 0. The van der Waals surface area contributed by atoms with Gasteiger partial charge in [0.25, 0.3) is 0 Å². The Morgan fingerprint density at radius 2 is 1.94 bits per heavy atom. The van der Waals surface area contributed by atoms with Crippen molar-refractivity contribution in [2.75, 3.05) is 20.8 Å². The molecule has 0 bridgehead atoms. The third kappa shape index (κ3) is 2.93. The molecule has 1 heterocycles. The minimum absolute atomic E-state index is 0.0524. The Hall–Kier alpha value is -0.200. The second kappa shape index (κ2) is 5.42. The van der Waals surface area contributed by atoms with E-state index in [1.807, 2.05) is 20.8 Å². The predicted octanol–water partition coefficient (Wildman–Crippen LogP) is 0.754. The average Bonchev–Trinajstić information content (AvgIpc) is 2.55. The van der Waals surface area contributed by atoms with E-state index in [9.17, 15) is 5.11 Å². The van der Waals surface area contributed by atoms with Crippen molar-refractivity contribution in [2.24, 2.45) is 5.92 Å². The van der Waals surface area contributed by atoms with Gasteiger partial charge in [0.05, 0.1) is 12.7 Å². The fraction of sp³-hybridized carbons (Fsp3) is 1.00. The Morgan fingerprint density at radius 3 is 2.38 bits per heavy atom.